The molecule has 2 aromatic rings. The minimum absolute atomic E-state index is 0.118. The molecule has 3 aliphatic rings. The fourth-order valence-electron chi connectivity index (χ4n) is 4.77. The van der Waals surface area contributed by atoms with Gasteiger partial charge in [0.15, 0.2) is 11.5 Å². The summed E-state index contributed by atoms with van der Waals surface area (Å²) < 4.78 is 30.2. The number of benzene rings is 1. The zero-order chi connectivity index (χ0) is 29.5. The lowest BCUT2D eigenvalue weighted by Crippen LogP contribution is -2.47. The van der Waals surface area contributed by atoms with Crippen LogP contribution < -0.4 is 25.4 Å². The Balaban J connectivity index is 1.27. The number of carbonyl (C=O) groups is 2. The number of rotatable bonds is 10. The number of ether oxygens (including phenoxy) is 3. The number of aromatic nitrogens is 1. The summed E-state index contributed by atoms with van der Waals surface area (Å²) in [6, 6.07) is 6.20. The van der Waals surface area contributed by atoms with Gasteiger partial charge in [-0.1, -0.05) is 0 Å². The maximum atomic E-state index is 13.1. The van der Waals surface area contributed by atoms with Crippen molar-refractivity contribution in [2.24, 2.45) is 9.98 Å². The molecular formula is C28H35FN8O5. The molecule has 224 valence electrons. The Bertz CT molecular complexity index is 1340. The lowest BCUT2D eigenvalue weighted by atomic mass is 10.1. The second kappa shape index (κ2) is 13.6. The van der Waals surface area contributed by atoms with Gasteiger partial charge in [-0.05, 0) is 37.6 Å². The molecule has 0 bridgehead atoms. The number of urea groups is 1. The summed E-state index contributed by atoms with van der Waals surface area (Å²) in [5, 5.41) is 7.75. The summed E-state index contributed by atoms with van der Waals surface area (Å²) >= 11 is 0. The van der Waals surface area contributed by atoms with Gasteiger partial charge in [0.05, 0.1) is 45.6 Å². The van der Waals surface area contributed by atoms with E-state index in [-0.39, 0.29) is 17.9 Å². The molecule has 0 spiro atoms. The number of amidine groups is 1. The molecule has 1 aromatic heterocycles. The van der Waals surface area contributed by atoms with E-state index in [0.29, 0.717) is 48.7 Å². The second-order valence-corrected chi connectivity index (χ2v) is 9.94. The van der Waals surface area contributed by atoms with Gasteiger partial charge in [0.25, 0.3) is 5.91 Å². The summed E-state index contributed by atoms with van der Waals surface area (Å²) in [7, 11) is 1.56. The van der Waals surface area contributed by atoms with Gasteiger partial charge in [0.1, 0.15) is 23.5 Å². The van der Waals surface area contributed by atoms with Gasteiger partial charge in [-0.25, -0.2) is 19.2 Å². The number of methoxy groups -OCH3 is 1. The van der Waals surface area contributed by atoms with E-state index in [0.717, 1.165) is 44.8 Å². The van der Waals surface area contributed by atoms with E-state index in [1.165, 1.54) is 25.3 Å². The zero-order valence-electron chi connectivity index (χ0n) is 23.7. The van der Waals surface area contributed by atoms with Gasteiger partial charge in [0.2, 0.25) is 5.96 Å². The van der Waals surface area contributed by atoms with Gasteiger partial charge in [0, 0.05) is 37.9 Å². The molecule has 4 heterocycles. The average molecular weight is 583 g/mol. The number of nitrogens with zero attached hydrogens (tertiary/aromatic N) is 5. The number of hydrogen-bond donors (Lipinski definition) is 3. The molecule has 1 unspecified atom stereocenters. The van der Waals surface area contributed by atoms with E-state index in [1.54, 1.807) is 7.11 Å². The lowest BCUT2D eigenvalue weighted by Gasteiger charge is -2.29. The van der Waals surface area contributed by atoms with E-state index in [4.69, 9.17) is 19.2 Å². The summed E-state index contributed by atoms with van der Waals surface area (Å²) in [6.45, 7) is 7.16. The number of anilines is 1. The Kier molecular flexibility index (Phi) is 9.44. The summed E-state index contributed by atoms with van der Waals surface area (Å²) in [5.74, 6) is 1.82. The van der Waals surface area contributed by atoms with Crippen molar-refractivity contribution in [2.45, 2.75) is 19.5 Å². The number of guanidine groups is 1. The zero-order valence-corrected chi connectivity index (χ0v) is 23.7. The number of alkyl halides is 1. The molecule has 1 saturated heterocycles. The first kappa shape index (κ1) is 29.2. The van der Waals surface area contributed by atoms with Gasteiger partial charge < -0.3 is 19.5 Å². The van der Waals surface area contributed by atoms with Crippen molar-refractivity contribution >= 4 is 35.2 Å². The monoisotopic (exact) mass is 582 g/mol. The number of hydrogen-bond acceptors (Lipinski definition) is 10. The largest absolute Gasteiger partial charge is 0.491 e. The normalized spacial score (nSPS) is 16.9. The summed E-state index contributed by atoms with van der Waals surface area (Å²) in [6.07, 6.45) is 1.02. The van der Waals surface area contributed by atoms with Gasteiger partial charge >= 0.3 is 6.03 Å². The number of amides is 3. The van der Waals surface area contributed by atoms with Crippen LogP contribution in [0.5, 0.6) is 11.5 Å². The highest BCUT2D eigenvalue weighted by Gasteiger charge is 2.33. The molecule has 0 radical (unpaired) electrons. The quantitative estimate of drug-likeness (QED) is 0.362. The Hall–Kier alpha value is -4.30. The van der Waals surface area contributed by atoms with Crippen LogP contribution in [0, 0.1) is 0 Å². The topological polar surface area (TPSA) is 142 Å². The first-order valence-electron chi connectivity index (χ1n) is 13.9. The first-order chi connectivity index (χ1) is 20.4. The summed E-state index contributed by atoms with van der Waals surface area (Å²) in [4.78, 5) is 42.7. The highest BCUT2D eigenvalue weighted by molar-refractivity contribution is 6.20. The molecule has 1 atom stereocenters. The molecule has 13 nitrogen and oxygen atoms in total. The fourth-order valence-corrected chi connectivity index (χ4v) is 4.77. The Labute approximate surface area is 243 Å². The molecule has 14 heteroatoms. The van der Waals surface area contributed by atoms with Crippen LogP contribution in [0.15, 0.2) is 40.4 Å². The molecular weight excluding hydrogens is 547 g/mol. The van der Waals surface area contributed by atoms with Gasteiger partial charge in [-0.15, -0.1) is 0 Å². The number of pyridine rings is 1. The summed E-state index contributed by atoms with van der Waals surface area (Å²) in [5.41, 5.74) is 1.58. The maximum absolute atomic E-state index is 13.1. The van der Waals surface area contributed by atoms with Crippen LogP contribution in [0.4, 0.5) is 20.7 Å². The molecule has 0 aliphatic carbocycles. The first-order valence-corrected chi connectivity index (χ1v) is 13.9. The molecule has 5 rings (SSSR count). The second-order valence-electron chi connectivity index (χ2n) is 9.94. The number of aliphatic imine (C=N–C) groups is 2. The number of nitrogens with one attached hydrogen (secondary N) is 3. The number of halogens is 1. The van der Waals surface area contributed by atoms with E-state index >= 15 is 0 Å². The number of fused-ring (bicyclic) bond motifs is 3. The Morgan fingerprint density at radius 2 is 1.98 bits per heavy atom. The van der Waals surface area contributed by atoms with Crippen molar-refractivity contribution in [3.63, 3.8) is 0 Å². The predicted octanol–water partition coefficient (Wildman–Crippen LogP) is 2.16. The third kappa shape index (κ3) is 6.94. The van der Waals surface area contributed by atoms with Crippen LogP contribution in [-0.2, 0) is 4.74 Å². The van der Waals surface area contributed by atoms with Crippen molar-refractivity contribution < 1.29 is 28.2 Å². The van der Waals surface area contributed by atoms with Crippen molar-refractivity contribution in [2.75, 3.05) is 71.5 Å². The fraction of sp³-hybridized carbons (Fsp3) is 0.464. The molecule has 3 N–H and O–H groups in total. The molecule has 3 amide bonds. The molecule has 42 heavy (non-hydrogen) atoms. The Morgan fingerprint density at radius 1 is 1.14 bits per heavy atom. The average Bonchev–Trinajstić information content (AvgIpc) is 3.50. The molecule has 1 fully saturated rings. The van der Waals surface area contributed by atoms with Gasteiger partial charge in [-0.3, -0.25) is 30.2 Å². The minimum Gasteiger partial charge on any atom is -0.491 e. The van der Waals surface area contributed by atoms with Crippen LogP contribution in [0.2, 0.25) is 0 Å². The Morgan fingerprint density at radius 3 is 2.71 bits per heavy atom. The maximum Gasteiger partial charge on any atom is 0.320 e. The highest BCUT2D eigenvalue weighted by Crippen LogP contribution is 2.43. The van der Waals surface area contributed by atoms with Gasteiger partial charge in [-0.2, -0.15) is 0 Å². The smallest absolute Gasteiger partial charge is 0.320 e. The van der Waals surface area contributed by atoms with Crippen LogP contribution in [0.3, 0.4) is 0 Å². The molecule has 3 aliphatic heterocycles. The lowest BCUT2D eigenvalue weighted by molar-refractivity contribution is 0.0357. The van der Waals surface area contributed by atoms with Crippen molar-refractivity contribution in [1.29, 1.82) is 0 Å². The van der Waals surface area contributed by atoms with E-state index in [9.17, 15) is 14.0 Å². The van der Waals surface area contributed by atoms with Crippen molar-refractivity contribution in [3.05, 3.63) is 41.6 Å². The molecule has 1 aromatic carbocycles. The van der Waals surface area contributed by atoms with Crippen LogP contribution in [0.1, 0.15) is 29.3 Å². The van der Waals surface area contributed by atoms with Crippen molar-refractivity contribution in [1.82, 2.24) is 25.4 Å². The van der Waals surface area contributed by atoms with E-state index in [2.05, 4.69) is 30.8 Å². The third-order valence-corrected chi connectivity index (χ3v) is 6.87. The number of carbonyl (C=O) groups excluding carboxylic acids is 2. The molecule has 0 saturated carbocycles. The van der Waals surface area contributed by atoms with Crippen LogP contribution in [0.25, 0.3) is 0 Å². The predicted molar refractivity (Wildman–Crippen MR) is 155 cm³/mol. The minimum atomic E-state index is -1.17. The number of morpholine rings is 1. The van der Waals surface area contributed by atoms with Crippen LogP contribution in [-0.4, -0.2) is 111 Å². The van der Waals surface area contributed by atoms with Crippen LogP contribution >= 0.6 is 0 Å². The van der Waals surface area contributed by atoms with E-state index in [1.807, 2.05) is 17.0 Å². The van der Waals surface area contributed by atoms with Crippen molar-refractivity contribution in [3.8, 4) is 11.5 Å². The SMILES string of the molecule is COc1c(OCCCN2CCOCC2)ccc2c1N=C(NC(=O)c1ccc(NC(=O)NCC(C)F)nc1)N1CCN=C21. The third-order valence-electron chi connectivity index (χ3n) is 6.87. The highest BCUT2D eigenvalue weighted by atomic mass is 19.1. The van der Waals surface area contributed by atoms with E-state index < -0.39 is 18.1 Å². The standard InChI is InChI=1S/C28H35FN8O5/c1-18(29)16-32-28(39)33-22-7-4-19(17-31-22)26(38)35-27-34-23-20(25-30-8-10-37(25)27)5-6-21(24(23)40-2)42-13-3-9-36-11-14-41-15-12-36/h4-7,17-18H,3,8-16H2,1-2H3,(H,34,35,38)(H2,31,32,33,39).